The molecule has 0 aliphatic carbocycles. The fourth-order valence-corrected chi connectivity index (χ4v) is 5.22. The smallest absolute Gasteiger partial charge is 0.244 e. The first-order chi connectivity index (χ1) is 16.9. The summed E-state index contributed by atoms with van der Waals surface area (Å²) >= 11 is 0. The van der Waals surface area contributed by atoms with Gasteiger partial charge in [0.1, 0.15) is 16.8 Å². The number of ether oxygens (including phenoxy) is 1. The molecule has 1 aliphatic heterocycles. The van der Waals surface area contributed by atoms with Crippen LogP contribution in [0.4, 0.5) is 10.1 Å². The summed E-state index contributed by atoms with van der Waals surface area (Å²) in [6.07, 6.45) is 0.105. The lowest BCUT2D eigenvalue weighted by atomic mass is 10.1. The molecule has 1 amide bonds. The van der Waals surface area contributed by atoms with Crippen molar-refractivity contribution in [2.75, 3.05) is 31.6 Å². The molecule has 1 fully saturated rings. The molecule has 1 atom stereocenters. The summed E-state index contributed by atoms with van der Waals surface area (Å²) in [7, 11) is -4.28. The number of carbonyl (C=O) groups excluding carboxylic acids is 1. The molecule has 35 heavy (non-hydrogen) atoms. The van der Waals surface area contributed by atoms with E-state index in [2.05, 4.69) is 14.9 Å². The van der Waals surface area contributed by atoms with Gasteiger partial charge in [0.25, 0.3) is 0 Å². The Bertz CT molecular complexity index is 1250. The molecule has 1 aliphatic rings. The quantitative estimate of drug-likeness (QED) is 0.474. The van der Waals surface area contributed by atoms with E-state index in [9.17, 15) is 17.6 Å². The number of morpholine rings is 1. The summed E-state index contributed by atoms with van der Waals surface area (Å²) < 4.78 is 47.9. The van der Waals surface area contributed by atoms with Gasteiger partial charge in [-0.1, -0.05) is 54.6 Å². The normalized spacial score (nSPS) is 15.5. The minimum absolute atomic E-state index is 0.105. The van der Waals surface area contributed by atoms with Crippen LogP contribution in [0.15, 0.2) is 83.8 Å². The van der Waals surface area contributed by atoms with Gasteiger partial charge in [0.15, 0.2) is 0 Å². The van der Waals surface area contributed by atoms with Gasteiger partial charge in [-0.15, -0.1) is 0 Å². The third kappa shape index (κ3) is 6.95. The molecule has 1 heterocycles. The monoisotopic (exact) mass is 497 g/mol. The molecule has 184 valence electrons. The Morgan fingerprint density at radius 1 is 0.943 bits per heavy atom. The first-order valence-electron chi connectivity index (χ1n) is 11.4. The molecule has 2 N–H and O–H groups in total. The van der Waals surface area contributed by atoms with Gasteiger partial charge in [-0.2, -0.15) is 4.72 Å². The maximum atomic E-state index is 14.2. The highest BCUT2D eigenvalue weighted by molar-refractivity contribution is 7.89. The summed E-state index contributed by atoms with van der Waals surface area (Å²) in [5.41, 5.74) is 2.35. The summed E-state index contributed by atoms with van der Waals surface area (Å²) in [5, 5.41) is 2.83. The average Bonchev–Trinajstić information content (AvgIpc) is 2.85. The minimum atomic E-state index is -4.28. The molecule has 9 heteroatoms. The molecule has 7 nitrogen and oxygen atoms in total. The standard InChI is InChI=1S/C26H28FN3O4S/c27-23-11-4-5-12-25(23)35(32,33)29-24(18-20-7-2-1-3-8-20)26(31)28-22-10-6-9-21(17-22)19-30-13-15-34-16-14-30/h1-12,17,24,29H,13-16,18-19H2,(H,28,31). The zero-order chi connectivity index (χ0) is 24.7. The van der Waals surface area contributed by atoms with Crippen molar-refractivity contribution in [2.24, 2.45) is 0 Å². The lowest BCUT2D eigenvalue weighted by molar-refractivity contribution is -0.117. The van der Waals surface area contributed by atoms with Crippen LogP contribution in [0.2, 0.25) is 0 Å². The number of hydrogen-bond acceptors (Lipinski definition) is 5. The maximum Gasteiger partial charge on any atom is 0.244 e. The number of carbonyl (C=O) groups is 1. The maximum absolute atomic E-state index is 14.2. The Morgan fingerprint density at radius 2 is 1.63 bits per heavy atom. The Morgan fingerprint density at radius 3 is 2.37 bits per heavy atom. The van der Waals surface area contributed by atoms with Crippen LogP contribution in [0, 0.1) is 5.82 Å². The number of sulfonamides is 1. The van der Waals surface area contributed by atoms with Gasteiger partial charge in [-0.25, -0.2) is 12.8 Å². The van der Waals surface area contributed by atoms with Crippen molar-refractivity contribution < 1.29 is 22.3 Å². The van der Waals surface area contributed by atoms with Gasteiger partial charge in [-0.05, 0) is 41.8 Å². The fraction of sp³-hybridized carbons (Fsp3) is 0.269. The van der Waals surface area contributed by atoms with Crippen molar-refractivity contribution in [1.29, 1.82) is 0 Å². The van der Waals surface area contributed by atoms with E-state index in [1.165, 1.54) is 18.2 Å². The summed E-state index contributed by atoms with van der Waals surface area (Å²) in [6.45, 7) is 3.79. The number of halogens is 1. The molecule has 1 unspecified atom stereocenters. The number of nitrogens with zero attached hydrogens (tertiary/aromatic N) is 1. The average molecular weight is 498 g/mol. The minimum Gasteiger partial charge on any atom is -0.379 e. The SMILES string of the molecule is O=C(Nc1cccc(CN2CCOCC2)c1)C(Cc1ccccc1)NS(=O)(=O)c1ccccc1F. The van der Waals surface area contributed by atoms with Crippen molar-refractivity contribution in [2.45, 2.75) is 23.9 Å². The van der Waals surface area contributed by atoms with Crippen LogP contribution >= 0.6 is 0 Å². The largest absolute Gasteiger partial charge is 0.379 e. The van der Waals surface area contributed by atoms with E-state index in [0.29, 0.717) is 18.9 Å². The molecular formula is C26H28FN3O4S. The number of hydrogen-bond donors (Lipinski definition) is 2. The number of rotatable bonds is 9. The van der Waals surface area contributed by atoms with Crippen molar-refractivity contribution >= 4 is 21.6 Å². The van der Waals surface area contributed by atoms with Crippen molar-refractivity contribution in [3.05, 3.63) is 95.8 Å². The summed E-state index contributed by atoms with van der Waals surface area (Å²) in [5.74, 6) is -1.41. The number of amides is 1. The fourth-order valence-electron chi connectivity index (χ4n) is 3.95. The van der Waals surface area contributed by atoms with Gasteiger partial charge in [0, 0.05) is 25.3 Å². The highest BCUT2D eigenvalue weighted by Gasteiger charge is 2.28. The topological polar surface area (TPSA) is 87.7 Å². The third-order valence-electron chi connectivity index (χ3n) is 5.73. The van der Waals surface area contributed by atoms with Crippen LogP contribution in [-0.2, 0) is 32.5 Å². The molecule has 3 aromatic carbocycles. The van der Waals surface area contributed by atoms with Crippen molar-refractivity contribution in [3.8, 4) is 0 Å². The highest BCUT2D eigenvalue weighted by atomic mass is 32.2. The van der Waals surface area contributed by atoms with Gasteiger partial charge in [-0.3, -0.25) is 9.69 Å². The van der Waals surface area contributed by atoms with Crippen LogP contribution in [0.25, 0.3) is 0 Å². The number of anilines is 1. The molecule has 0 radical (unpaired) electrons. The lowest BCUT2D eigenvalue weighted by Gasteiger charge is -2.26. The van der Waals surface area contributed by atoms with Gasteiger partial charge in [0.2, 0.25) is 15.9 Å². The van der Waals surface area contributed by atoms with E-state index in [-0.39, 0.29) is 6.42 Å². The summed E-state index contributed by atoms with van der Waals surface area (Å²) in [6, 6.07) is 20.5. The Labute approximate surface area is 205 Å². The molecular weight excluding hydrogens is 469 g/mol. The van der Waals surface area contributed by atoms with Crippen LogP contribution < -0.4 is 10.0 Å². The molecule has 0 spiro atoms. The van der Waals surface area contributed by atoms with E-state index in [1.54, 1.807) is 18.2 Å². The van der Waals surface area contributed by atoms with Crippen molar-refractivity contribution in [1.82, 2.24) is 9.62 Å². The molecule has 4 rings (SSSR count). The van der Waals surface area contributed by atoms with E-state index >= 15 is 0 Å². The summed E-state index contributed by atoms with van der Waals surface area (Å²) in [4.78, 5) is 15.0. The van der Waals surface area contributed by atoms with Gasteiger partial charge < -0.3 is 10.1 Å². The second-order valence-electron chi connectivity index (χ2n) is 8.37. The second kappa shape index (κ2) is 11.5. The van der Waals surface area contributed by atoms with Gasteiger partial charge >= 0.3 is 0 Å². The predicted molar refractivity (Wildman–Crippen MR) is 132 cm³/mol. The van der Waals surface area contributed by atoms with E-state index in [1.807, 2.05) is 36.4 Å². The van der Waals surface area contributed by atoms with E-state index in [0.717, 1.165) is 36.8 Å². The zero-order valence-corrected chi connectivity index (χ0v) is 20.0. The molecule has 1 saturated heterocycles. The predicted octanol–water partition coefficient (Wildman–Crippen LogP) is 3.19. The van der Waals surface area contributed by atoms with E-state index in [4.69, 9.17) is 4.74 Å². The highest BCUT2D eigenvalue weighted by Crippen LogP contribution is 2.17. The molecule has 3 aromatic rings. The van der Waals surface area contributed by atoms with Crippen LogP contribution in [-0.4, -0.2) is 51.6 Å². The van der Waals surface area contributed by atoms with Crippen molar-refractivity contribution in [3.63, 3.8) is 0 Å². The molecule has 0 aromatic heterocycles. The van der Waals surface area contributed by atoms with Crippen LogP contribution in [0.5, 0.6) is 0 Å². The lowest BCUT2D eigenvalue weighted by Crippen LogP contribution is -2.45. The number of nitrogens with one attached hydrogen (secondary N) is 2. The number of benzene rings is 3. The van der Waals surface area contributed by atoms with Crippen LogP contribution in [0.1, 0.15) is 11.1 Å². The zero-order valence-electron chi connectivity index (χ0n) is 19.2. The third-order valence-corrected chi connectivity index (χ3v) is 7.23. The second-order valence-corrected chi connectivity index (χ2v) is 10.1. The first kappa shape index (κ1) is 25.0. The Balaban J connectivity index is 1.52. The first-order valence-corrected chi connectivity index (χ1v) is 12.9. The van der Waals surface area contributed by atoms with Crippen LogP contribution in [0.3, 0.4) is 0 Å². The van der Waals surface area contributed by atoms with Gasteiger partial charge in [0.05, 0.1) is 13.2 Å². The Hall–Kier alpha value is -3.11. The molecule has 0 saturated carbocycles. The Kier molecular flexibility index (Phi) is 8.25. The van der Waals surface area contributed by atoms with E-state index < -0.39 is 32.7 Å². The molecule has 0 bridgehead atoms.